The van der Waals surface area contributed by atoms with Gasteiger partial charge in [0.1, 0.15) is 22.3 Å². The number of hydrogen-bond donors (Lipinski definition) is 1. The summed E-state index contributed by atoms with van der Waals surface area (Å²) in [4.78, 5) is 9.90. The fourth-order valence-corrected chi connectivity index (χ4v) is 2.93. The number of nitrogens with two attached hydrogens (primary N) is 1. The van der Waals surface area contributed by atoms with E-state index in [2.05, 4.69) is 9.97 Å². The van der Waals surface area contributed by atoms with E-state index in [4.69, 9.17) is 5.73 Å². The Labute approximate surface area is 120 Å². The molecule has 1 aromatic carbocycles. The van der Waals surface area contributed by atoms with Crippen molar-refractivity contribution in [2.24, 2.45) is 0 Å². The topological polar surface area (TPSA) is 51.8 Å². The molecule has 3 nitrogen and oxygen atoms in total. The van der Waals surface area contributed by atoms with E-state index in [1.807, 2.05) is 25.3 Å². The van der Waals surface area contributed by atoms with Gasteiger partial charge in [0.2, 0.25) is 0 Å². The standard InChI is InChI=1S/C15H14FN3S/c1-15(2,9-3-5-10(16)6-4-9)14-18-12(17)11-7-8-20-13(11)19-14/h3-8H,1-2H3,(H2,17,18,19). The molecule has 102 valence electrons. The molecular weight excluding hydrogens is 273 g/mol. The van der Waals surface area contributed by atoms with Crippen LogP contribution in [-0.4, -0.2) is 9.97 Å². The lowest BCUT2D eigenvalue weighted by Gasteiger charge is -2.23. The lowest BCUT2D eigenvalue weighted by molar-refractivity contribution is 0.587. The van der Waals surface area contributed by atoms with Gasteiger partial charge in [-0.3, -0.25) is 0 Å². The molecule has 0 atom stereocenters. The Morgan fingerprint density at radius 3 is 2.50 bits per heavy atom. The van der Waals surface area contributed by atoms with Gasteiger partial charge < -0.3 is 5.73 Å². The first-order chi connectivity index (χ1) is 9.48. The summed E-state index contributed by atoms with van der Waals surface area (Å²) in [6.45, 7) is 4.02. The smallest absolute Gasteiger partial charge is 0.142 e. The van der Waals surface area contributed by atoms with Crippen LogP contribution < -0.4 is 5.73 Å². The minimum absolute atomic E-state index is 0.251. The van der Waals surface area contributed by atoms with E-state index >= 15 is 0 Å². The van der Waals surface area contributed by atoms with Crippen LogP contribution in [0.1, 0.15) is 25.2 Å². The molecule has 5 heteroatoms. The first-order valence-corrected chi connectivity index (χ1v) is 7.13. The van der Waals surface area contributed by atoms with Gasteiger partial charge in [-0.05, 0) is 43.0 Å². The summed E-state index contributed by atoms with van der Waals surface area (Å²) in [6.07, 6.45) is 0. The van der Waals surface area contributed by atoms with Gasteiger partial charge in [0.05, 0.1) is 5.39 Å². The van der Waals surface area contributed by atoms with E-state index in [1.165, 1.54) is 23.5 Å². The number of hydrogen-bond acceptors (Lipinski definition) is 4. The van der Waals surface area contributed by atoms with Gasteiger partial charge in [0, 0.05) is 5.41 Å². The van der Waals surface area contributed by atoms with Crippen molar-refractivity contribution in [2.45, 2.75) is 19.3 Å². The van der Waals surface area contributed by atoms with Crippen molar-refractivity contribution < 1.29 is 4.39 Å². The molecular formula is C15H14FN3S. The summed E-state index contributed by atoms with van der Waals surface area (Å²) in [5.74, 6) is 0.886. The first kappa shape index (κ1) is 13.0. The minimum Gasteiger partial charge on any atom is -0.383 e. The molecule has 2 heterocycles. The summed E-state index contributed by atoms with van der Waals surface area (Å²) in [5, 5.41) is 2.83. The van der Waals surface area contributed by atoms with E-state index < -0.39 is 5.41 Å². The largest absolute Gasteiger partial charge is 0.383 e. The molecule has 0 bridgehead atoms. The van der Waals surface area contributed by atoms with Crippen molar-refractivity contribution in [1.82, 2.24) is 9.97 Å². The van der Waals surface area contributed by atoms with Crippen molar-refractivity contribution in [3.63, 3.8) is 0 Å². The predicted molar refractivity (Wildman–Crippen MR) is 80.4 cm³/mol. The SMILES string of the molecule is CC(C)(c1ccc(F)cc1)c1nc(N)c2ccsc2n1. The van der Waals surface area contributed by atoms with E-state index in [9.17, 15) is 4.39 Å². The van der Waals surface area contributed by atoms with Crippen LogP contribution in [0.2, 0.25) is 0 Å². The maximum Gasteiger partial charge on any atom is 0.142 e. The summed E-state index contributed by atoms with van der Waals surface area (Å²) >= 11 is 1.54. The highest BCUT2D eigenvalue weighted by Crippen LogP contribution is 2.32. The number of thiophene rings is 1. The van der Waals surface area contributed by atoms with Crippen LogP contribution in [0.25, 0.3) is 10.2 Å². The Morgan fingerprint density at radius 2 is 1.80 bits per heavy atom. The van der Waals surface area contributed by atoms with Crippen molar-refractivity contribution in [3.05, 3.63) is 52.9 Å². The van der Waals surface area contributed by atoms with E-state index in [1.54, 1.807) is 12.1 Å². The van der Waals surface area contributed by atoms with Gasteiger partial charge in [-0.15, -0.1) is 11.3 Å². The van der Waals surface area contributed by atoms with Crippen LogP contribution in [0.5, 0.6) is 0 Å². The average Bonchev–Trinajstić information content (AvgIpc) is 2.88. The molecule has 0 aliphatic rings. The molecule has 0 aliphatic heterocycles. The van der Waals surface area contributed by atoms with Crippen molar-refractivity contribution in [1.29, 1.82) is 0 Å². The van der Waals surface area contributed by atoms with Gasteiger partial charge in [-0.25, -0.2) is 14.4 Å². The molecule has 0 aliphatic carbocycles. The molecule has 20 heavy (non-hydrogen) atoms. The molecule has 2 aromatic heterocycles. The second-order valence-electron chi connectivity index (χ2n) is 5.20. The van der Waals surface area contributed by atoms with Crippen molar-refractivity contribution >= 4 is 27.4 Å². The number of fused-ring (bicyclic) bond motifs is 1. The van der Waals surface area contributed by atoms with Crippen LogP contribution >= 0.6 is 11.3 Å². The molecule has 0 spiro atoms. The van der Waals surface area contributed by atoms with Crippen LogP contribution in [0.4, 0.5) is 10.2 Å². The zero-order valence-corrected chi connectivity index (χ0v) is 12.0. The number of benzene rings is 1. The van der Waals surface area contributed by atoms with E-state index in [-0.39, 0.29) is 5.82 Å². The van der Waals surface area contributed by atoms with Crippen molar-refractivity contribution in [3.8, 4) is 0 Å². The highest BCUT2D eigenvalue weighted by Gasteiger charge is 2.27. The number of nitrogen functional groups attached to an aromatic ring is 1. The predicted octanol–water partition coefficient (Wildman–Crippen LogP) is 3.74. The number of halogens is 1. The third-order valence-corrected chi connectivity index (χ3v) is 4.29. The van der Waals surface area contributed by atoms with Crippen LogP contribution in [0.3, 0.4) is 0 Å². The Balaban J connectivity index is 2.14. The lowest BCUT2D eigenvalue weighted by atomic mass is 9.83. The number of aromatic nitrogens is 2. The first-order valence-electron chi connectivity index (χ1n) is 6.26. The normalized spacial score (nSPS) is 11.9. The zero-order chi connectivity index (χ0) is 14.3. The third kappa shape index (κ3) is 2.04. The Morgan fingerprint density at radius 1 is 1.10 bits per heavy atom. The Hall–Kier alpha value is -2.01. The van der Waals surface area contributed by atoms with Gasteiger partial charge in [-0.2, -0.15) is 0 Å². The molecule has 3 aromatic rings. The second kappa shape index (κ2) is 4.52. The molecule has 0 unspecified atom stereocenters. The monoisotopic (exact) mass is 287 g/mol. The fraction of sp³-hybridized carbons (Fsp3) is 0.200. The molecule has 0 radical (unpaired) electrons. The third-order valence-electron chi connectivity index (χ3n) is 3.48. The minimum atomic E-state index is -0.431. The second-order valence-corrected chi connectivity index (χ2v) is 6.10. The molecule has 3 rings (SSSR count). The van der Waals surface area contributed by atoms with Gasteiger partial charge in [-0.1, -0.05) is 12.1 Å². The molecule has 0 saturated carbocycles. The number of nitrogens with zero attached hydrogens (tertiary/aromatic N) is 2. The lowest BCUT2D eigenvalue weighted by Crippen LogP contribution is -2.23. The Bertz CT molecular complexity index is 762. The number of anilines is 1. The van der Waals surface area contributed by atoms with Gasteiger partial charge >= 0.3 is 0 Å². The molecule has 0 fully saturated rings. The molecule has 0 saturated heterocycles. The van der Waals surface area contributed by atoms with Crippen LogP contribution in [-0.2, 0) is 5.41 Å². The highest BCUT2D eigenvalue weighted by molar-refractivity contribution is 7.16. The van der Waals surface area contributed by atoms with Gasteiger partial charge in [0.25, 0.3) is 0 Å². The summed E-state index contributed by atoms with van der Waals surface area (Å²) in [7, 11) is 0. The zero-order valence-electron chi connectivity index (χ0n) is 11.2. The molecule has 2 N–H and O–H groups in total. The van der Waals surface area contributed by atoms with Crippen LogP contribution in [0, 0.1) is 5.82 Å². The Kier molecular flexibility index (Phi) is 2.94. The maximum atomic E-state index is 13.1. The van der Waals surface area contributed by atoms with Crippen molar-refractivity contribution in [2.75, 3.05) is 5.73 Å². The fourth-order valence-electron chi connectivity index (χ4n) is 2.15. The summed E-state index contributed by atoms with van der Waals surface area (Å²) in [6, 6.07) is 8.33. The molecule has 0 amide bonds. The maximum absolute atomic E-state index is 13.1. The van der Waals surface area contributed by atoms with E-state index in [0.29, 0.717) is 11.6 Å². The summed E-state index contributed by atoms with van der Waals surface area (Å²) < 4.78 is 13.1. The quantitative estimate of drug-likeness (QED) is 0.781. The van der Waals surface area contributed by atoms with Gasteiger partial charge in [0.15, 0.2) is 0 Å². The highest BCUT2D eigenvalue weighted by atomic mass is 32.1. The van der Waals surface area contributed by atoms with Crippen LogP contribution in [0.15, 0.2) is 35.7 Å². The average molecular weight is 287 g/mol. The summed E-state index contributed by atoms with van der Waals surface area (Å²) in [5.41, 5.74) is 6.52. The van der Waals surface area contributed by atoms with E-state index in [0.717, 1.165) is 15.8 Å². The number of rotatable bonds is 2.